The summed E-state index contributed by atoms with van der Waals surface area (Å²) in [6.45, 7) is 0. The number of aromatic carboxylic acids is 1. The number of carbonyl (C=O) groups is 1. The van der Waals surface area contributed by atoms with E-state index in [-0.39, 0.29) is 15.5 Å². The Hall–Kier alpha value is -0.900. The number of nitrogens with one attached hydrogen (secondary N) is 1. The minimum Gasteiger partial charge on any atom is -0.477 e. The van der Waals surface area contributed by atoms with Crippen LogP contribution in [0.3, 0.4) is 0 Å². The van der Waals surface area contributed by atoms with E-state index in [4.69, 9.17) is 5.11 Å². The first-order chi connectivity index (χ1) is 9.31. The van der Waals surface area contributed by atoms with E-state index in [1.54, 1.807) is 12.1 Å². The van der Waals surface area contributed by atoms with Crippen LogP contribution in [-0.2, 0) is 10.0 Å². The molecule has 2 rings (SSSR count). The van der Waals surface area contributed by atoms with E-state index in [0.29, 0.717) is 4.47 Å². The van der Waals surface area contributed by atoms with Crippen molar-refractivity contribution in [1.29, 1.82) is 0 Å². The van der Waals surface area contributed by atoms with Crippen molar-refractivity contribution in [2.45, 2.75) is 4.90 Å². The number of anilines is 1. The van der Waals surface area contributed by atoms with Gasteiger partial charge >= 0.3 is 5.97 Å². The molecular weight excluding hydrogens is 434 g/mol. The minimum atomic E-state index is -3.86. The average molecular weight is 441 g/mol. The summed E-state index contributed by atoms with van der Waals surface area (Å²) in [6, 6.07) is 6.02. The largest absolute Gasteiger partial charge is 0.477 e. The average Bonchev–Trinajstić information content (AvgIpc) is 2.75. The summed E-state index contributed by atoms with van der Waals surface area (Å²) in [5.74, 6) is -1.17. The first-order valence-corrected chi connectivity index (χ1v) is 9.05. The fourth-order valence-corrected chi connectivity index (χ4v) is 5.02. The van der Waals surface area contributed by atoms with E-state index in [1.807, 2.05) is 0 Å². The van der Waals surface area contributed by atoms with Gasteiger partial charge in [0.2, 0.25) is 0 Å². The lowest BCUT2D eigenvalue weighted by molar-refractivity contribution is 0.0703. The molecule has 0 aliphatic carbocycles. The lowest BCUT2D eigenvalue weighted by Gasteiger charge is -2.09. The maximum absolute atomic E-state index is 12.3. The lowest BCUT2D eigenvalue weighted by atomic mass is 10.4. The molecule has 0 atom stereocenters. The van der Waals surface area contributed by atoms with Crippen LogP contribution in [0.2, 0.25) is 0 Å². The Morgan fingerprint density at radius 2 is 1.95 bits per heavy atom. The van der Waals surface area contributed by atoms with Gasteiger partial charge in [0.05, 0.1) is 5.69 Å². The van der Waals surface area contributed by atoms with Crippen LogP contribution in [0.25, 0.3) is 0 Å². The number of sulfonamides is 1. The number of halogens is 2. The summed E-state index contributed by atoms with van der Waals surface area (Å²) in [5.41, 5.74) is 0.0531. The Labute approximate surface area is 135 Å². The number of rotatable bonds is 4. The van der Waals surface area contributed by atoms with Crippen molar-refractivity contribution < 1.29 is 18.3 Å². The van der Waals surface area contributed by atoms with Gasteiger partial charge < -0.3 is 5.11 Å². The number of hydrogen-bond donors (Lipinski definition) is 2. The van der Waals surface area contributed by atoms with Crippen molar-refractivity contribution in [3.8, 4) is 0 Å². The summed E-state index contributed by atoms with van der Waals surface area (Å²) in [6.07, 6.45) is 0. The van der Waals surface area contributed by atoms with Crippen molar-refractivity contribution in [2.75, 3.05) is 4.72 Å². The molecule has 1 aromatic heterocycles. The molecule has 5 nitrogen and oxygen atoms in total. The van der Waals surface area contributed by atoms with E-state index < -0.39 is 16.0 Å². The fraction of sp³-hybridized carbons (Fsp3) is 0. The Morgan fingerprint density at radius 1 is 1.25 bits per heavy atom. The molecule has 0 aliphatic rings. The van der Waals surface area contributed by atoms with Crippen LogP contribution < -0.4 is 4.72 Å². The Balaban J connectivity index is 2.41. The van der Waals surface area contributed by atoms with Crippen molar-refractivity contribution in [3.05, 3.63) is 43.5 Å². The molecule has 0 saturated heterocycles. The van der Waals surface area contributed by atoms with Crippen LogP contribution in [0.1, 0.15) is 9.67 Å². The highest BCUT2D eigenvalue weighted by atomic mass is 79.9. The third-order valence-electron chi connectivity index (χ3n) is 2.29. The van der Waals surface area contributed by atoms with Crippen LogP contribution in [0.5, 0.6) is 0 Å². The van der Waals surface area contributed by atoms with Crippen LogP contribution in [0, 0.1) is 0 Å². The SMILES string of the molecule is O=C(O)c1sccc1NS(=O)(=O)c1ccc(Br)cc1Br. The summed E-state index contributed by atoms with van der Waals surface area (Å²) >= 11 is 7.36. The van der Waals surface area contributed by atoms with E-state index in [0.717, 1.165) is 15.8 Å². The van der Waals surface area contributed by atoms with Gasteiger partial charge in [-0.2, -0.15) is 0 Å². The molecule has 0 bridgehead atoms. The molecule has 1 heterocycles. The first-order valence-electron chi connectivity index (χ1n) is 5.10. The van der Waals surface area contributed by atoms with Crippen LogP contribution in [-0.4, -0.2) is 19.5 Å². The summed E-state index contributed by atoms with van der Waals surface area (Å²) in [7, 11) is -3.86. The Morgan fingerprint density at radius 3 is 2.55 bits per heavy atom. The second-order valence-corrected chi connectivity index (χ2v) is 7.99. The third-order valence-corrected chi connectivity index (χ3v) is 6.03. The molecule has 0 amide bonds. The molecule has 0 radical (unpaired) electrons. The van der Waals surface area contributed by atoms with Gasteiger partial charge in [0, 0.05) is 8.95 Å². The van der Waals surface area contributed by atoms with E-state index in [2.05, 4.69) is 36.6 Å². The van der Waals surface area contributed by atoms with Gasteiger partial charge in [0.25, 0.3) is 10.0 Å². The van der Waals surface area contributed by atoms with Crippen LogP contribution >= 0.6 is 43.2 Å². The standard InChI is InChI=1S/C11H7Br2NO4S2/c12-6-1-2-9(7(13)5-6)20(17,18)14-8-3-4-19-10(8)11(15)16/h1-5,14H,(H,15,16). The fourth-order valence-electron chi connectivity index (χ4n) is 1.45. The van der Waals surface area contributed by atoms with Gasteiger partial charge in [-0.15, -0.1) is 11.3 Å². The smallest absolute Gasteiger partial charge is 0.348 e. The van der Waals surface area contributed by atoms with Crippen molar-refractivity contribution in [2.24, 2.45) is 0 Å². The minimum absolute atomic E-state index is 0.0308. The topological polar surface area (TPSA) is 83.5 Å². The van der Waals surface area contributed by atoms with Gasteiger partial charge in [-0.05, 0) is 45.6 Å². The van der Waals surface area contributed by atoms with Gasteiger partial charge in [-0.3, -0.25) is 4.72 Å². The first kappa shape index (κ1) is 15.5. The van der Waals surface area contributed by atoms with Gasteiger partial charge in [-0.1, -0.05) is 15.9 Å². The summed E-state index contributed by atoms with van der Waals surface area (Å²) in [5, 5.41) is 10.5. The highest BCUT2D eigenvalue weighted by molar-refractivity contribution is 9.11. The number of carboxylic acid groups (broad SMARTS) is 1. The molecule has 2 N–H and O–H groups in total. The monoisotopic (exact) mass is 439 g/mol. The zero-order valence-corrected chi connectivity index (χ0v) is 14.4. The van der Waals surface area contributed by atoms with Gasteiger partial charge in [-0.25, -0.2) is 13.2 Å². The lowest BCUT2D eigenvalue weighted by Crippen LogP contribution is -2.14. The molecule has 0 aliphatic heterocycles. The molecule has 0 spiro atoms. The van der Waals surface area contributed by atoms with E-state index >= 15 is 0 Å². The van der Waals surface area contributed by atoms with Gasteiger partial charge in [0.1, 0.15) is 9.77 Å². The zero-order chi connectivity index (χ0) is 14.9. The van der Waals surface area contributed by atoms with E-state index in [9.17, 15) is 13.2 Å². The maximum Gasteiger partial charge on any atom is 0.348 e. The number of hydrogen-bond acceptors (Lipinski definition) is 4. The Bertz CT molecular complexity index is 770. The number of benzene rings is 1. The second kappa shape index (κ2) is 5.84. The van der Waals surface area contributed by atoms with Gasteiger partial charge in [0.15, 0.2) is 0 Å². The molecule has 0 fully saturated rings. The van der Waals surface area contributed by atoms with Crippen LogP contribution in [0.15, 0.2) is 43.5 Å². The molecule has 9 heteroatoms. The third kappa shape index (κ3) is 3.22. The molecule has 2 aromatic rings. The molecule has 0 saturated carbocycles. The van der Waals surface area contributed by atoms with Crippen molar-refractivity contribution >= 4 is 64.9 Å². The summed E-state index contributed by atoms with van der Waals surface area (Å²) in [4.78, 5) is 11.0. The molecule has 106 valence electrons. The van der Waals surface area contributed by atoms with E-state index in [1.165, 1.54) is 17.5 Å². The normalized spacial score (nSPS) is 11.3. The predicted molar refractivity (Wildman–Crippen MR) is 83.9 cm³/mol. The highest BCUT2D eigenvalue weighted by Gasteiger charge is 2.21. The van der Waals surface area contributed by atoms with Crippen molar-refractivity contribution in [3.63, 3.8) is 0 Å². The molecular formula is C11H7Br2NO4S2. The summed E-state index contributed by atoms with van der Waals surface area (Å²) < 4.78 is 27.9. The van der Waals surface area contributed by atoms with Crippen LogP contribution in [0.4, 0.5) is 5.69 Å². The zero-order valence-electron chi connectivity index (χ0n) is 9.63. The molecule has 0 unspecified atom stereocenters. The quantitative estimate of drug-likeness (QED) is 0.757. The maximum atomic E-state index is 12.3. The van der Waals surface area contributed by atoms with Crippen molar-refractivity contribution in [1.82, 2.24) is 0 Å². The highest BCUT2D eigenvalue weighted by Crippen LogP contribution is 2.29. The Kier molecular flexibility index (Phi) is 4.52. The molecule has 1 aromatic carbocycles. The number of thiophene rings is 1. The second-order valence-electron chi connectivity index (χ2n) is 3.65. The number of carboxylic acids is 1. The molecule has 20 heavy (non-hydrogen) atoms. The predicted octanol–water partition coefficient (Wildman–Crippen LogP) is 3.77.